The number of hydrogen-bond donors (Lipinski definition) is 1. The Morgan fingerprint density at radius 3 is 2.86 bits per heavy atom. The number of non-ortho nitro benzene ring substituents is 1. The molecule has 1 aromatic heterocycles. The first kappa shape index (κ1) is 13.7. The van der Waals surface area contributed by atoms with Crippen LogP contribution in [0.1, 0.15) is 5.56 Å². The zero-order valence-corrected chi connectivity index (χ0v) is 11.4. The molecule has 1 heterocycles. The molecule has 0 saturated carbocycles. The molecular formula is C16H11N3O3. The molecule has 0 aliphatic rings. The van der Waals surface area contributed by atoms with Crippen LogP contribution < -0.4 is 0 Å². The molecule has 0 unspecified atom stereocenters. The van der Waals surface area contributed by atoms with Crippen LogP contribution in [0.3, 0.4) is 0 Å². The number of aliphatic imine (C=N–C) groups is 1. The fourth-order valence-electron chi connectivity index (χ4n) is 2.05. The highest BCUT2D eigenvalue weighted by molar-refractivity contribution is 5.88. The number of benzene rings is 2. The zero-order valence-electron chi connectivity index (χ0n) is 11.4. The van der Waals surface area contributed by atoms with Crippen LogP contribution in [0.25, 0.3) is 10.9 Å². The van der Waals surface area contributed by atoms with E-state index in [0.29, 0.717) is 11.3 Å². The van der Waals surface area contributed by atoms with E-state index in [1.165, 1.54) is 24.4 Å². The van der Waals surface area contributed by atoms with E-state index >= 15 is 0 Å². The van der Waals surface area contributed by atoms with Crippen LogP contribution in [-0.2, 0) is 0 Å². The lowest BCUT2D eigenvalue weighted by Gasteiger charge is -2.00. The topological polar surface area (TPSA) is 88.6 Å². The number of nitro groups is 1. The van der Waals surface area contributed by atoms with Crippen LogP contribution in [-0.4, -0.2) is 21.2 Å². The molecule has 0 amide bonds. The Morgan fingerprint density at radius 1 is 1.18 bits per heavy atom. The van der Waals surface area contributed by atoms with Crippen molar-refractivity contribution in [3.05, 3.63) is 70.4 Å². The van der Waals surface area contributed by atoms with Gasteiger partial charge in [-0.05, 0) is 30.3 Å². The highest BCUT2D eigenvalue weighted by Crippen LogP contribution is 2.23. The maximum Gasteiger partial charge on any atom is 0.270 e. The van der Waals surface area contributed by atoms with Gasteiger partial charge in [0.05, 0.1) is 16.1 Å². The number of pyridine rings is 1. The molecule has 0 saturated heterocycles. The second-order valence-corrected chi connectivity index (χ2v) is 4.64. The molecule has 6 nitrogen and oxygen atoms in total. The first-order valence-electron chi connectivity index (χ1n) is 6.50. The summed E-state index contributed by atoms with van der Waals surface area (Å²) in [6, 6.07) is 13.1. The van der Waals surface area contributed by atoms with Gasteiger partial charge >= 0.3 is 0 Å². The minimum absolute atomic E-state index is 0.0585. The van der Waals surface area contributed by atoms with Gasteiger partial charge in [0.15, 0.2) is 0 Å². The highest BCUT2D eigenvalue weighted by Gasteiger charge is 2.08. The third kappa shape index (κ3) is 2.76. The number of nitro benzene ring substituents is 1. The molecule has 0 radical (unpaired) electrons. The molecule has 22 heavy (non-hydrogen) atoms. The summed E-state index contributed by atoms with van der Waals surface area (Å²) in [5, 5.41) is 21.4. The summed E-state index contributed by atoms with van der Waals surface area (Å²) < 4.78 is 0. The first-order chi connectivity index (χ1) is 10.6. The van der Waals surface area contributed by atoms with E-state index in [-0.39, 0.29) is 11.4 Å². The predicted octanol–water partition coefficient (Wildman–Crippen LogP) is 3.60. The summed E-state index contributed by atoms with van der Waals surface area (Å²) in [7, 11) is 0. The number of nitrogens with zero attached hydrogens (tertiary/aromatic N) is 3. The summed E-state index contributed by atoms with van der Waals surface area (Å²) >= 11 is 0. The quantitative estimate of drug-likeness (QED) is 0.454. The molecule has 0 atom stereocenters. The largest absolute Gasteiger partial charge is 0.507 e. The molecule has 108 valence electrons. The molecule has 2 aromatic carbocycles. The Hall–Kier alpha value is -3.28. The molecule has 0 bridgehead atoms. The maximum atomic E-state index is 10.8. The van der Waals surface area contributed by atoms with E-state index in [0.717, 1.165) is 10.9 Å². The molecule has 0 spiro atoms. The van der Waals surface area contributed by atoms with Gasteiger partial charge in [-0.15, -0.1) is 0 Å². The lowest BCUT2D eigenvalue weighted by atomic mass is 10.2. The average molecular weight is 293 g/mol. The van der Waals surface area contributed by atoms with Crippen molar-refractivity contribution >= 4 is 28.5 Å². The van der Waals surface area contributed by atoms with Crippen molar-refractivity contribution in [3.8, 4) is 5.75 Å². The van der Waals surface area contributed by atoms with Crippen LogP contribution >= 0.6 is 0 Å². The average Bonchev–Trinajstić information content (AvgIpc) is 2.53. The Morgan fingerprint density at radius 2 is 2.05 bits per heavy atom. The van der Waals surface area contributed by atoms with Crippen molar-refractivity contribution in [3.63, 3.8) is 0 Å². The number of hydrogen-bond acceptors (Lipinski definition) is 5. The van der Waals surface area contributed by atoms with E-state index < -0.39 is 4.92 Å². The van der Waals surface area contributed by atoms with Gasteiger partial charge < -0.3 is 5.11 Å². The van der Waals surface area contributed by atoms with Crippen LogP contribution in [0.2, 0.25) is 0 Å². The number of aromatic hydroxyl groups is 1. The lowest BCUT2D eigenvalue weighted by Crippen LogP contribution is -1.90. The van der Waals surface area contributed by atoms with Crippen molar-refractivity contribution in [1.29, 1.82) is 0 Å². The number of aromatic nitrogens is 1. The Kier molecular flexibility index (Phi) is 3.49. The van der Waals surface area contributed by atoms with Crippen LogP contribution in [0, 0.1) is 10.1 Å². The smallest absolute Gasteiger partial charge is 0.270 e. The van der Waals surface area contributed by atoms with Gasteiger partial charge in [0, 0.05) is 35.5 Å². The van der Waals surface area contributed by atoms with Gasteiger partial charge in [-0.3, -0.25) is 20.1 Å². The van der Waals surface area contributed by atoms with E-state index in [9.17, 15) is 15.2 Å². The lowest BCUT2D eigenvalue weighted by molar-refractivity contribution is -0.384. The summed E-state index contributed by atoms with van der Waals surface area (Å²) in [4.78, 5) is 18.7. The number of phenols is 1. The van der Waals surface area contributed by atoms with Gasteiger partial charge in [-0.25, -0.2) is 0 Å². The van der Waals surface area contributed by atoms with E-state index in [1.54, 1.807) is 12.3 Å². The molecule has 6 heteroatoms. The highest BCUT2D eigenvalue weighted by atomic mass is 16.6. The van der Waals surface area contributed by atoms with Gasteiger partial charge in [0.2, 0.25) is 0 Å². The second kappa shape index (κ2) is 5.61. The molecule has 1 N–H and O–H groups in total. The Bertz CT molecular complexity index is 891. The second-order valence-electron chi connectivity index (χ2n) is 4.64. The fraction of sp³-hybridized carbons (Fsp3) is 0. The third-order valence-corrected chi connectivity index (χ3v) is 3.16. The minimum atomic E-state index is -0.515. The zero-order chi connectivity index (χ0) is 15.5. The molecule has 0 aliphatic carbocycles. The summed E-state index contributed by atoms with van der Waals surface area (Å²) in [5.41, 5.74) is 1.73. The first-order valence-corrected chi connectivity index (χ1v) is 6.50. The van der Waals surface area contributed by atoms with Crippen molar-refractivity contribution in [2.75, 3.05) is 0 Å². The fourth-order valence-corrected chi connectivity index (χ4v) is 2.05. The Labute approximate surface area is 125 Å². The normalized spacial score (nSPS) is 11.1. The molecule has 3 aromatic rings. The number of fused-ring (bicyclic) bond motifs is 1. The maximum absolute atomic E-state index is 10.8. The molecule has 0 fully saturated rings. The number of rotatable bonds is 3. The van der Waals surface area contributed by atoms with E-state index in [4.69, 9.17) is 0 Å². The van der Waals surface area contributed by atoms with Gasteiger partial charge in [-0.2, -0.15) is 0 Å². The van der Waals surface area contributed by atoms with Crippen molar-refractivity contribution < 1.29 is 10.0 Å². The van der Waals surface area contributed by atoms with Gasteiger partial charge in [0.1, 0.15) is 5.75 Å². The molecular weight excluding hydrogens is 282 g/mol. The van der Waals surface area contributed by atoms with Crippen molar-refractivity contribution in [1.82, 2.24) is 4.98 Å². The standard InChI is InChI=1S/C16H11N3O3/c20-16-6-4-14(19(21)22)9-12(16)10-18-13-3-5-15-11(8-13)2-1-7-17-15/h1-10,20H. The summed E-state index contributed by atoms with van der Waals surface area (Å²) in [6.07, 6.45) is 3.12. The van der Waals surface area contributed by atoms with Crippen molar-refractivity contribution in [2.45, 2.75) is 0 Å². The summed E-state index contributed by atoms with van der Waals surface area (Å²) in [5.74, 6) is -0.0585. The Balaban J connectivity index is 1.95. The third-order valence-electron chi connectivity index (χ3n) is 3.16. The van der Waals surface area contributed by atoms with Crippen LogP contribution in [0.5, 0.6) is 5.75 Å². The van der Waals surface area contributed by atoms with Gasteiger partial charge in [0.25, 0.3) is 5.69 Å². The van der Waals surface area contributed by atoms with E-state index in [1.807, 2.05) is 24.3 Å². The SMILES string of the molecule is O=[N+]([O-])c1ccc(O)c(C=Nc2ccc3ncccc3c2)c1. The van der Waals surface area contributed by atoms with Gasteiger partial charge in [-0.1, -0.05) is 6.07 Å². The van der Waals surface area contributed by atoms with Crippen molar-refractivity contribution in [2.24, 2.45) is 4.99 Å². The molecule has 0 aliphatic heterocycles. The minimum Gasteiger partial charge on any atom is -0.507 e. The van der Waals surface area contributed by atoms with E-state index in [2.05, 4.69) is 9.98 Å². The van der Waals surface area contributed by atoms with Crippen LogP contribution in [0.15, 0.2) is 59.7 Å². The monoisotopic (exact) mass is 293 g/mol. The number of phenolic OH excluding ortho intramolecular Hbond substituents is 1. The van der Waals surface area contributed by atoms with Crippen LogP contribution in [0.4, 0.5) is 11.4 Å². The summed E-state index contributed by atoms with van der Waals surface area (Å²) in [6.45, 7) is 0. The predicted molar refractivity (Wildman–Crippen MR) is 83.8 cm³/mol. The molecule has 3 rings (SSSR count).